The Labute approximate surface area is 90.8 Å². The van der Waals surface area contributed by atoms with Crippen molar-refractivity contribution in [2.24, 2.45) is 0 Å². The summed E-state index contributed by atoms with van der Waals surface area (Å²) in [6.45, 7) is 2.78. The summed E-state index contributed by atoms with van der Waals surface area (Å²) in [5.74, 6) is 0. The van der Waals surface area contributed by atoms with Crippen LogP contribution in [0.15, 0.2) is 30.3 Å². The number of hydrogen-bond acceptors (Lipinski definition) is 3. The van der Waals surface area contributed by atoms with E-state index < -0.39 is 0 Å². The zero-order valence-corrected chi connectivity index (χ0v) is 8.91. The molecule has 1 atom stereocenters. The average molecular weight is 206 g/mol. The van der Waals surface area contributed by atoms with E-state index in [0.29, 0.717) is 12.6 Å². The lowest BCUT2D eigenvalue weighted by Crippen LogP contribution is -2.42. The molecule has 1 aromatic carbocycles. The Bertz CT molecular complexity index is 270. The van der Waals surface area contributed by atoms with Crippen molar-refractivity contribution in [2.45, 2.75) is 25.5 Å². The monoisotopic (exact) mass is 206 g/mol. The Morgan fingerprint density at radius 3 is 2.93 bits per heavy atom. The summed E-state index contributed by atoms with van der Waals surface area (Å²) in [6, 6.07) is 10.7. The molecule has 0 bridgehead atoms. The van der Waals surface area contributed by atoms with Gasteiger partial charge in [-0.1, -0.05) is 30.3 Å². The van der Waals surface area contributed by atoms with Crippen LogP contribution in [0, 0.1) is 0 Å². The van der Waals surface area contributed by atoms with Gasteiger partial charge in [0.1, 0.15) is 0 Å². The molecule has 1 aromatic rings. The van der Waals surface area contributed by atoms with Crippen LogP contribution in [-0.4, -0.2) is 19.1 Å². The molecule has 0 amide bonds. The second kappa shape index (κ2) is 5.85. The van der Waals surface area contributed by atoms with Gasteiger partial charge < -0.3 is 5.32 Å². The predicted octanol–water partition coefficient (Wildman–Crippen LogP) is 1.46. The van der Waals surface area contributed by atoms with E-state index in [4.69, 9.17) is 4.84 Å². The summed E-state index contributed by atoms with van der Waals surface area (Å²) in [4.78, 5) is 5.47. The van der Waals surface area contributed by atoms with Gasteiger partial charge in [-0.3, -0.25) is 4.84 Å². The molecule has 0 saturated carbocycles. The van der Waals surface area contributed by atoms with Crippen molar-refractivity contribution < 1.29 is 4.84 Å². The van der Waals surface area contributed by atoms with Crippen LogP contribution in [0.5, 0.6) is 0 Å². The van der Waals surface area contributed by atoms with E-state index in [0.717, 1.165) is 13.1 Å². The molecule has 1 unspecified atom stereocenters. The van der Waals surface area contributed by atoms with Gasteiger partial charge in [0.2, 0.25) is 0 Å². The van der Waals surface area contributed by atoms with Crippen LogP contribution in [0.25, 0.3) is 0 Å². The molecule has 3 heteroatoms. The summed E-state index contributed by atoms with van der Waals surface area (Å²) >= 11 is 0. The number of hydrogen-bond donors (Lipinski definition) is 2. The largest absolute Gasteiger partial charge is 0.315 e. The minimum absolute atomic E-state index is 0.461. The van der Waals surface area contributed by atoms with Gasteiger partial charge in [0, 0.05) is 12.6 Å². The van der Waals surface area contributed by atoms with Crippen LogP contribution in [0.4, 0.5) is 0 Å². The van der Waals surface area contributed by atoms with Gasteiger partial charge in [-0.2, -0.15) is 5.48 Å². The SMILES string of the molecule is c1ccc(CONC2CCCNC2)cc1. The summed E-state index contributed by atoms with van der Waals surface area (Å²) in [6.07, 6.45) is 2.42. The summed E-state index contributed by atoms with van der Waals surface area (Å²) in [5.41, 5.74) is 4.31. The van der Waals surface area contributed by atoms with E-state index in [1.165, 1.54) is 18.4 Å². The fourth-order valence-corrected chi connectivity index (χ4v) is 1.77. The lowest BCUT2D eigenvalue weighted by atomic mass is 10.1. The van der Waals surface area contributed by atoms with Gasteiger partial charge in [-0.05, 0) is 24.9 Å². The fraction of sp³-hybridized carbons (Fsp3) is 0.500. The van der Waals surface area contributed by atoms with Crippen molar-refractivity contribution in [2.75, 3.05) is 13.1 Å². The molecule has 0 aromatic heterocycles. The van der Waals surface area contributed by atoms with Gasteiger partial charge in [0.15, 0.2) is 0 Å². The third-order valence-electron chi connectivity index (χ3n) is 2.63. The Morgan fingerprint density at radius 2 is 2.20 bits per heavy atom. The van der Waals surface area contributed by atoms with E-state index in [9.17, 15) is 0 Å². The van der Waals surface area contributed by atoms with Crippen molar-refractivity contribution in [3.63, 3.8) is 0 Å². The molecule has 1 heterocycles. The van der Waals surface area contributed by atoms with Gasteiger partial charge >= 0.3 is 0 Å². The van der Waals surface area contributed by atoms with E-state index >= 15 is 0 Å². The molecule has 0 aliphatic carbocycles. The first-order valence-corrected chi connectivity index (χ1v) is 5.57. The summed E-state index contributed by atoms with van der Waals surface area (Å²) in [7, 11) is 0. The lowest BCUT2D eigenvalue weighted by molar-refractivity contribution is -0.00146. The van der Waals surface area contributed by atoms with Crippen molar-refractivity contribution in [3.8, 4) is 0 Å². The highest BCUT2D eigenvalue weighted by atomic mass is 16.6. The molecule has 1 fully saturated rings. The Balaban J connectivity index is 1.66. The molecule has 1 aliphatic heterocycles. The zero-order valence-electron chi connectivity index (χ0n) is 8.91. The Hall–Kier alpha value is -0.900. The maximum atomic E-state index is 5.47. The van der Waals surface area contributed by atoms with E-state index in [1.54, 1.807) is 0 Å². The number of benzene rings is 1. The molecule has 82 valence electrons. The van der Waals surface area contributed by atoms with Crippen LogP contribution in [0.2, 0.25) is 0 Å². The van der Waals surface area contributed by atoms with E-state index in [1.807, 2.05) is 18.2 Å². The molecule has 0 radical (unpaired) electrons. The van der Waals surface area contributed by atoms with Crippen molar-refractivity contribution in [3.05, 3.63) is 35.9 Å². The molecule has 1 aliphatic rings. The number of piperidine rings is 1. The molecule has 1 saturated heterocycles. The molecule has 0 spiro atoms. The first-order valence-electron chi connectivity index (χ1n) is 5.57. The van der Waals surface area contributed by atoms with Crippen LogP contribution >= 0.6 is 0 Å². The van der Waals surface area contributed by atoms with Gasteiger partial charge in [-0.15, -0.1) is 0 Å². The smallest absolute Gasteiger partial charge is 0.0933 e. The third-order valence-corrected chi connectivity index (χ3v) is 2.63. The van der Waals surface area contributed by atoms with E-state index in [-0.39, 0.29) is 0 Å². The second-order valence-electron chi connectivity index (χ2n) is 3.94. The lowest BCUT2D eigenvalue weighted by Gasteiger charge is -2.23. The molecule has 2 rings (SSSR count). The predicted molar refractivity (Wildman–Crippen MR) is 60.3 cm³/mol. The minimum Gasteiger partial charge on any atom is -0.315 e. The normalized spacial score (nSPS) is 21.5. The summed E-state index contributed by atoms with van der Waals surface area (Å²) < 4.78 is 0. The molecular formula is C12H18N2O. The highest BCUT2D eigenvalue weighted by molar-refractivity contribution is 5.13. The molecule has 15 heavy (non-hydrogen) atoms. The quantitative estimate of drug-likeness (QED) is 0.732. The third kappa shape index (κ3) is 3.63. The molecule has 3 nitrogen and oxygen atoms in total. The van der Waals surface area contributed by atoms with Crippen LogP contribution in [0.3, 0.4) is 0 Å². The number of hydroxylamine groups is 1. The highest BCUT2D eigenvalue weighted by Gasteiger charge is 2.11. The standard InChI is InChI=1S/C12H18N2O/c1-2-5-11(6-3-1)10-15-14-12-7-4-8-13-9-12/h1-3,5-6,12-14H,4,7-10H2. The van der Waals surface area contributed by atoms with Crippen molar-refractivity contribution in [1.29, 1.82) is 0 Å². The second-order valence-corrected chi connectivity index (χ2v) is 3.94. The Kier molecular flexibility index (Phi) is 4.14. The van der Waals surface area contributed by atoms with E-state index in [2.05, 4.69) is 22.9 Å². The summed E-state index contributed by atoms with van der Waals surface area (Å²) in [5, 5.41) is 3.34. The topological polar surface area (TPSA) is 33.3 Å². The first kappa shape index (κ1) is 10.6. The average Bonchev–Trinajstić information content (AvgIpc) is 2.32. The van der Waals surface area contributed by atoms with Crippen molar-refractivity contribution >= 4 is 0 Å². The Morgan fingerprint density at radius 1 is 1.33 bits per heavy atom. The maximum absolute atomic E-state index is 5.47. The highest BCUT2D eigenvalue weighted by Crippen LogP contribution is 2.03. The van der Waals surface area contributed by atoms with Crippen LogP contribution in [-0.2, 0) is 11.4 Å². The van der Waals surface area contributed by atoms with Crippen LogP contribution in [0.1, 0.15) is 18.4 Å². The van der Waals surface area contributed by atoms with Crippen molar-refractivity contribution in [1.82, 2.24) is 10.8 Å². The van der Waals surface area contributed by atoms with Gasteiger partial charge in [0.05, 0.1) is 6.61 Å². The number of nitrogens with one attached hydrogen (secondary N) is 2. The van der Waals surface area contributed by atoms with Crippen LogP contribution < -0.4 is 10.8 Å². The minimum atomic E-state index is 0.461. The maximum Gasteiger partial charge on any atom is 0.0933 e. The molecule has 2 N–H and O–H groups in total. The first-order chi connectivity index (χ1) is 7.45. The van der Waals surface area contributed by atoms with Gasteiger partial charge in [-0.25, -0.2) is 0 Å². The fourth-order valence-electron chi connectivity index (χ4n) is 1.77. The molecular weight excluding hydrogens is 188 g/mol. The van der Waals surface area contributed by atoms with Gasteiger partial charge in [0.25, 0.3) is 0 Å². The number of rotatable bonds is 4. The zero-order chi connectivity index (χ0) is 10.3.